The van der Waals surface area contributed by atoms with Crippen LogP contribution < -0.4 is 5.73 Å². The summed E-state index contributed by atoms with van der Waals surface area (Å²) < 4.78 is 5.37. The van der Waals surface area contributed by atoms with E-state index in [4.69, 9.17) is 10.5 Å². The molecule has 0 spiro atoms. The second-order valence-electron chi connectivity index (χ2n) is 5.45. The predicted octanol–water partition coefficient (Wildman–Crippen LogP) is 2.29. The molecule has 1 fully saturated rings. The van der Waals surface area contributed by atoms with Gasteiger partial charge in [0.1, 0.15) is 5.60 Å². The van der Waals surface area contributed by atoms with Crippen LogP contribution in [0.3, 0.4) is 0 Å². The lowest BCUT2D eigenvalue weighted by Gasteiger charge is -2.31. The lowest BCUT2D eigenvalue weighted by Crippen LogP contribution is -2.40. The Hall–Kier alpha value is -1.03. The molecule has 1 aliphatic heterocycles. The van der Waals surface area contributed by atoms with Crippen LogP contribution in [0.15, 0.2) is 11.6 Å². The van der Waals surface area contributed by atoms with Crippen LogP contribution in [0.2, 0.25) is 0 Å². The van der Waals surface area contributed by atoms with E-state index in [9.17, 15) is 4.79 Å². The number of ether oxygens (including phenoxy) is 1. The van der Waals surface area contributed by atoms with Crippen LogP contribution >= 0.6 is 0 Å². The van der Waals surface area contributed by atoms with Gasteiger partial charge < -0.3 is 15.4 Å². The summed E-state index contributed by atoms with van der Waals surface area (Å²) >= 11 is 0. The number of rotatable bonds is 2. The normalized spacial score (nSPS) is 19.5. The predicted molar refractivity (Wildman–Crippen MR) is 68.8 cm³/mol. The molecule has 98 valence electrons. The van der Waals surface area contributed by atoms with Gasteiger partial charge in [-0.2, -0.15) is 0 Å². The Bertz CT molecular complexity index is 292. The molecule has 4 heteroatoms. The third-order valence-corrected chi connectivity index (χ3v) is 2.57. The van der Waals surface area contributed by atoms with Gasteiger partial charge in [0.15, 0.2) is 0 Å². The minimum Gasteiger partial charge on any atom is -0.444 e. The van der Waals surface area contributed by atoms with Gasteiger partial charge in [-0.25, -0.2) is 4.79 Å². The van der Waals surface area contributed by atoms with Gasteiger partial charge in [0.25, 0.3) is 0 Å². The Morgan fingerprint density at radius 2 is 2.24 bits per heavy atom. The summed E-state index contributed by atoms with van der Waals surface area (Å²) in [7, 11) is 0. The molecule has 1 saturated heterocycles. The number of nitrogens with two attached hydrogens (primary N) is 1. The first-order valence-electron chi connectivity index (χ1n) is 6.28. The first kappa shape index (κ1) is 14.0. The molecule has 2 N–H and O–H groups in total. The van der Waals surface area contributed by atoms with Crippen molar-refractivity contribution in [3.05, 3.63) is 11.6 Å². The number of hydrogen-bond acceptors (Lipinski definition) is 3. The fourth-order valence-electron chi connectivity index (χ4n) is 1.84. The number of likely N-dealkylation sites (tertiary alicyclic amines) is 1. The van der Waals surface area contributed by atoms with Gasteiger partial charge in [-0.1, -0.05) is 11.6 Å². The minimum atomic E-state index is -0.421. The van der Waals surface area contributed by atoms with Crippen molar-refractivity contribution in [2.45, 2.75) is 45.6 Å². The summed E-state index contributed by atoms with van der Waals surface area (Å²) in [6, 6.07) is 0. The summed E-state index contributed by atoms with van der Waals surface area (Å²) in [5.41, 5.74) is 6.35. The second-order valence-corrected chi connectivity index (χ2v) is 5.45. The molecule has 0 radical (unpaired) electrons. The molecule has 0 atom stereocenters. The smallest absolute Gasteiger partial charge is 0.410 e. The average molecular weight is 240 g/mol. The van der Waals surface area contributed by atoms with Crippen LogP contribution in [0.25, 0.3) is 0 Å². The van der Waals surface area contributed by atoms with Crippen molar-refractivity contribution < 1.29 is 9.53 Å². The monoisotopic (exact) mass is 240 g/mol. The summed E-state index contributed by atoms with van der Waals surface area (Å²) in [4.78, 5) is 13.7. The highest BCUT2D eigenvalue weighted by molar-refractivity contribution is 5.68. The van der Waals surface area contributed by atoms with Crippen molar-refractivity contribution in [2.75, 3.05) is 19.6 Å². The third kappa shape index (κ3) is 5.22. The Morgan fingerprint density at radius 1 is 1.53 bits per heavy atom. The zero-order valence-corrected chi connectivity index (χ0v) is 11.2. The molecule has 1 amide bonds. The Kier molecular flexibility index (Phi) is 5.00. The minimum absolute atomic E-state index is 0.212. The molecule has 0 aromatic rings. The van der Waals surface area contributed by atoms with Crippen molar-refractivity contribution in [3.8, 4) is 0 Å². The highest BCUT2D eigenvalue weighted by atomic mass is 16.6. The number of carbonyl (C=O) groups excluding carboxylic acids is 1. The lowest BCUT2D eigenvalue weighted by molar-refractivity contribution is 0.0246. The summed E-state index contributed by atoms with van der Waals surface area (Å²) in [5, 5.41) is 0. The van der Waals surface area contributed by atoms with Crippen LogP contribution in [-0.2, 0) is 4.74 Å². The number of amides is 1. The standard InChI is InChI=1S/C13H24N2O2/c1-13(2,3)17-12(16)15-9-5-7-11(10-15)6-4-8-14/h6H,4-5,7-10,14H2,1-3H3/b11-6+. The molecular formula is C13H24N2O2. The van der Waals surface area contributed by atoms with E-state index in [2.05, 4.69) is 6.08 Å². The van der Waals surface area contributed by atoms with E-state index in [1.807, 2.05) is 20.8 Å². The van der Waals surface area contributed by atoms with Gasteiger partial charge in [-0.05, 0) is 46.6 Å². The zero-order chi connectivity index (χ0) is 12.9. The fraction of sp³-hybridized carbons (Fsp3) is 0.769. The quantitative estimate of drug-likeness (QED) is 0.753. The van der Waals surface area contributed by atoms with Crippen LogP contribution in [-0.4, -0.2) is 36.2 Å². The largest absolute Gasteiger partial charge is 0.444 e. The van der Waals surface area contributed by atoms with E-state index in [-0.39, 0.29) is 6.09 Å². The maximum absolute atomic E-state index is 11.9. The van der Waals surface area contributed by atoms with Crippen molar-refractivity contribution in [1.29, 1.82) is 0 Å². The third-order valence-electron chi connectivity index (χ3n) is 2.57. The maximum Gasteiger partial charge on any atom is 0.410 e. The lowest BCUT2D eigenvalue weighted by atomic mass is 10.0. The molecule has 17 heavy (non-hydrogen) atoms. The van der Waals surface area contributed by atoms with Gasteiger partial charge in [0.05, 0.1) is 0 Å². The Balaban J connectivity index is 2.52. The number of carbonyl (C=O) groups is 1. The summed E-state index contributed by atoms with van der Waals surface area (Å²) in [6.45, 7) is 7.81. The maximum atomic E-state index is 11.9. The molecule has 0 aromatic carbocycles. The van der Waals surface area contributed by atoms with E-state index in [0.29, 0.717) is 13.1 Å². The first-order chi connectivity index (χ1) is 7.92. The fourth-order valence-corrected chi connectivity index (χ4v) is 1.84. The zero-order valence-electron chi connectivity index (χ0n) is 11.2. The molecular weight excluding hydrogens is 216 g/mol. The Labute approximate surface area is 104 Å². The van der Waals surface area contributed by atoms with Crippen LogP contribution in [0.4, 0.5) is 4.79 Å². The van der Waals surface area contributed by atoms with Crippen molar-refractivity contribution in [3.63, 3.8) is 0 Å². The number of hydrogen-bond donors (Lipinski definition) is 1. The van der Waals surface area contributed by atoms with Gasteiger partial charge in [-0.15, -0.1) is 0 Å². The molecule has 1 heterocycles. The molecule has 4 nitrogen and oxygen atoms in total. The molecule has 0 bridgehead atoms. The van der Waals surface area contributed by atoms with Gasteiger partial charge in [0.2, 0.25) is 0 Å². The molecule has 0 aliphatic carbocycles. The second kappa shape index (κ2) is 6.05. The van der Waals surface area contributed by atoms with Gasteiger partial charge in [0, 0.05) is 13.1 Å². The first-order valence-corrected chi connectivity index (χ1v) is 6.28. The molecule has 0 saturated carbocycles. The highest BCUT2D eigenvalue weighted by Gasteiger charge is 2.24. The topological polar surface area (TPSA) is 55.6 Å². The van der Waals surface area contributed by atoms with Crippen LogP contribution in [0.5, 0.6) is 0 Å². The number of piperidine rings is 1. The Morgan fingerprint density at radius 3 is 2.82 bits per heavy atom. The molecule has 1 rings (SSSR count). The van der Waals surface area contributed by atoms with Crippen LogP contribution in [0, 0.1) is 0 Å². The van der Waals surface area contributed by atoms with Crippen molar-refractivity contribution in [2.24, 2.45) is 5.73 Å². The van der Waals surface area contributed by atoms with E-state index in [1.54, 1.807) is 4.90 Å². The SMILES string of the molecule is CC(C)(C)OC(=O)N1CCC/C(=C\CCN)C1. The van der Waals surface area contributed by atoms with Gasteiger partial charge in [-0.3, -0.25) is 0 Å². The summed E-state index contributed by atoms with van der Waals surface area (Å²) in [5.74, 6) is 0. The molecule has 0 aromatic heterocycles. The average Bonchev–Trinajstić information content (AvgIpc) is 2.24. The molecule has 1 aliphatic rings. The van der Waals surface area contributed by atoms with E-state index >= 15 is 0 Å². The van der Waals surface area contributed by atoms with E-state index in [1.165, 1.54) is 5.57 Å². The number of nitrogens with zero attached hydrogens (tertiary/aromatic N) is 1. The molecule has 0 unspecified atom stereocenters. The van der Waals surface area contributed by atoms with Crippen molar-refractivity contribution >= 4 is 6.09 Å². The summed E-state index contributed by atoms with van der Waals surface area (Å²) in [6.07, 6.45) is 4.90. The van der Waals surface area contributed by atoms with E-state index in [0.717, 1.165) is 25.8 Å². The van der Waals surface area contributed by atoms with Crippen molar-refractivity contribution in [1.82, 2.24) is 4.90 Å². The van der Waals surface area contributed by atoms with Gasteiger partial charge >= 0.3 is 6.09 Å². The highest BCUT2D eigenvalue weighted by Crippen LogP contribution is 2.18. The van der Waals surface area contributed by atoms with E-state index < -0.39 is 5.60 Å². The van der Waals surface area contributed by atoms with Crippen LogP contribution in [0.1, 0.15) is 40.0 Å².